The highest BCUT2D eigenvalue weighted by molar-refractivity contribution is 4.93. The number of rotatable bonds is 2. The standard InChI is InChI=1S/C12H27N3/c1-10-8-14(6)9-11(7-13-5)15(10)12(2,3)4/h10-11,13H,7-9H2,1-6H3. The molecule has 1 heterocycles. The first-order chi connectivity index (χ1) is 6.86. The lowest BCUT2D eigenvalue weighted by molar-refractivity contribution is -0.0204. The van der Waals surface area contributed by atoms with Crippen LogP contribution in [0.25, 0.3) is 0 Å². The van der Waals surface area contributed by atoms with Gasteiger partial charge in [-0.25, -0.2) is 0 Å². The molecule has 3 heteroatoms. The molecule has 0 aliphatic carbocycles. The molecule has 90 valence electrons. The van der Waals surface area contributed by atoms with E-state index in [0.29, 0.717) is 12.1 Å². The van der Waals surface area contributed by atoms with E-state index < -0.39 is 0 Å². The van der Waals surface area contributed by atoms with Gasteiger partial charge >= 0.3 is 0 Å². The van der Waals surface area contributed by atoms with E-state index in [9.17, 15) is 0 Å². The van der Waals surface area contributed by atoms with Crippen molar-refractivity contribution in [2.45, 2.75) is 45.3 Å². The smallest absolute Gasteiger partial charge is 0.0356 e. The first kappa shape index (κ1) is 12.9. The molecule has 1 aliphatic heterocycles. The van der Waals surface area contributed by atoms with Crippen LogP contribution in [0.5, 0.6) is 0 Å². The summed E-state index contributed by atoms with van der Waals surface area (Å²) in [7, 11) is 4.26. The molecule has 0 aromatic heterocycles. The molecule has 1 aliphatic rings. The number of hydrogen-bond acceptors (Lipinski definition) is 3. The Kier molecular flexibility index (Phi) is 4.15. The average molecular weight is 213 g/mol. The number of hydrogen-bond donors (Lipinski definition) is 1. The Morgan fingerprint density at radius 3 is 2.33 bits per heavy atom. The van der Waals surface area contributed by atoms with Crippen molar-refractivity contribution in [3.63, 3.8) is 0 Å². The molecule has 2 atom stereocenters. The second-order valence-electron chi connectivity index (χ2n) is 5.86. The van der Waals surface area contributed by atoms with Gasteiger partial charge in [-0.3, -0.25) is 4.90 Å². The van der Waals surface area contributed by atoms with Gasteiger partial charge in [-0.1, -0.05) is 0 Å². The Labute approximate surface area is 94.8 Å². The summed E-state index contributed by atoms with van der Waals surface area (Å²) in [6, 6.07) is 1.27. The third-order valence-corrected chi connectivity index (χ3v) is 3.18. The van der Waals surface area contributed by atoms with E-state index in [1.165, 1.54) is 13.1 Å². The zero-order valence-electron chi connectivity index (χ0n) is 11.2. The number of nitrogens with one attached hydrogen (secondary N) is 1. The van der Waals surface area contributed by atoms with Crippen molar-refractivity contribution >= 4 is 0 Å². The van der Waals surface area contributed by atoms with Crippen molar-refractivity contribution in [1.82, 2.24) is 15.1 Å². The van der Waals surface area contributed by atoms with Gasteiger partial charge in [0.05, 0.1) is 0 Å². The van der Waals surface area contributed by atoms with Gasteiger partial charge in [0, 0.05) is 37.3 Å². The lowest BCUT2D eigenvalue weighted by Crippen LogP contribution is -2.64. The van der Waals surface area contributed by atoms with Gasteiger partial charge < -0.3 is 10.2 Å². The van der Waals surface area contributed by atoms with E-state index >= 15 is 0 Å². The second kappa shape index (κ2) is 4.81. The van der Waals surface area contributed by atoms with Gasteiger partial charge in [0.1, 0.15) is 0 Å². The molecule has 0 spiro atoms. The predicted molar refractivity (Wildman–Crippen MR) is 66.3 cm³/mol. The summed E-state index contributed by atoms with van der Waals surface area (Å²) in [4.78, 5) is 5.10. The number of piperazine rings is 1. The molecule has 0 aromatic rings. The SMILES string of the molecule is CNCC1CN(C)CC(C)N1C(C)(C)C. The number of likely N-dealkylation sites (N-methyl/N-ethyl adjacent to an activating group) is 2. The van der Waals surface area contributed by atoms with Gasteiger partial charge in [-0.15, -0.1) is 0 Å². The first-order valence-electron chi connectivity index (χ1n) is 5.98. The van der Waals surface area contributed by atoms with Crippen LogP contribution in [0.15, 0.2) is 0 Å². The quantitative estimate of drug-likeness (QED) is 0.738. The average Bonchev–Trinajstić information content (AvgIpc) is 1.99. The largest absolute Gasteiger partial charge is 0.318 e. The van der Waals surface area contributed by atoms with Crippen LogP contribution in [0.3, 0.4) is 0 Å². The van der Waals surface area contributed by atoms with Crippen LogP contribution in [-0.4, -0.2) is 61.2 Å². The molecule has 2 unspecified atom stereocenters. The van der Waals surface area contributed by atoms with E-state index in [4.69, 9.17) is 0 Å². The fourth-order valence-corrected chi connectivity index (χ4v) is 3.03. The molecule has 1 saturated heterocycles. The maximum Gasteiger partial charge on any atom is 0.0356 e. The fourth-order valence-electron chi connectivity index (χ4n) is 3.03. The van der Waals surface area contributed by atoms with Crippen molar-refractivity contribution in [3.05, 3.63) is 0 Å². The summed E-state index contributed by atoms with van der Waals surface area (Å²) in [5.41, 5.74) is 0.266. The molecule has 0 bridgehead atoms. The van der Waals surface area contributed by atoms with Crippen molar-refractivity contribution < 1.29 is 0 Å². The van der Waals surface area contributed by atoms with Gasteiger partial charge in [-0.2, -0.15) is 0 Å². The van der Waals surface area contributed by atoms with Gasteiger partial charge in [0.2, 0.25) is 0 Å². The van der Waals surface area contributed by atoms with Crippen LogP contribution in [0.1, 0.15) is 27.7 Å². The molecule has 0 aromatic carbocycles. The van der Waals surface area contributed by atoms with Crippen LogP contribution in [0.2, 0.25) is 0 Å². The third kappa shape index (κ3) is 3.16. The van der Waals surface area contributed by atoms with E-state index in [2.05, 4.69) is 49.9 Å². The Hall–Kier alpha value is -0.120. The van der Waals surface area contributed by atoms with Crippen molar-refractivity contribution in [2.24, 2.45) is 0 Å². The minimum Gasteiger partial charge on any atom is -0.318 e. The fraction of sp³-hybridized carbons (Fsp3) is 1.00. The molecule has 1 fully saturated rings. The lowest BCUT2D eigenvalue weighted by atomic mass is 9.96. The molecular weight excluding hydrogens is 186 g/mol. The minimum absolute atomic E-state index is 0.266. The van der Waals surface area contributed by atoms with Crippen molar-refractivity contribution in [3.8, 4) is 0 Å². The highest BCUT2D eigenvalue weighted by Gasteiger charge is 2.36. The van der Waals surface area contributed by atoms with Crippen LogP contribution in [-0.2, 0) is 0 Å². The van der Waals surface area contributed by atoms with Crippen molar-refractivity contribution in [2.75, 3.05) is 33.7 Å². The Balaban J connectivity index is 2.78. The topological polar surface area (TPSA) is 18.5 Å². The summed E-state index contributed by atoms with van der Waals surface area (Å²) in [5, 5.41) is 3.31. The Morgan fingerprint density at radius 1 is 1.27 bits per heavy atom. The highest BCUT2D eigenvalue weighted by atomic mass is 15.3. The van der Waals surface area contributed by atoms with Gasteiger partial charge in [-0.05, 0) is 41.8 Å². The molecule has 0 saturated carbocycles. The third-order valence-electron chi connectivity index (χ3n) is 3.18. The summed E-state index contributed by atoms with van der Waals surface area (Å²) in [5.74, 6) is 0. The van der Waals surface area contributed by atoms with Crippen LogP contribution >= 0.6 is 0 Å². The molecule has 0 amide bonds. The number of nitrogens with zero attached hydrogens (tertiary/aromatic N) is 2. The maximum atomic E-state index is 3.31. The minimum atomic E-state index is 0.266. The molecule has 3 nitrogen and oxygen atoms in total. The van der Waals surface area contributed by atoms with Crippen LogP contribution in [0.4, 0.5) is 0 Å². The zero-order valence-corrected chi connectivity index (χ0v) is 11.2. The zero-order chi connectivity index (χ0) is 11.6. The van der Waals surface area contributed by atoms with E-state index in [1.54, 1.807) is 0 Å². The molecule has 15 heavy (non-hydrogen) atoms. The van der Waals surface area contributed by atoms with Crippen LogP contribution < -0.4 is 5.32 Å². The monoisotopic (exact) mass is 213 g/mol. The van der Waals surface area contributed by atoms with E-state index in [0.717, 1.165) is 6.54 Å². The Morgan fingerprint density at radius 2 is 1.87 bits per heavy atom. The Bertz CT molecular complexity index is 198. The highest BCUT2D eigenvalue weighted by Crippen LogP contribution is 2.24. The lowest BCUT2D eigenvalue weighted by Gasteiger charge is -2.51. The molecule has 1 rings (SSSR count). The van der Waals surface area contributed by atoms with Gasteiger partial charge in [0.15, 0.2) is 0 Å². The van der Waals surface area contributed by atoms with E-state index in [1.807, 2.05) is 7.05 Å². The van der Waals surface area contributed by atoms with Gasteiger partial charge in [0.25, 0.3) is 0 Å². The summed E-state index contributed by atoms with van der Waals surface area (Å²) in [6.45, 7) is 12.7. The second-order valence-corrected chi connectivity index (χ2v) is 5.86. The molecular formula is C12H27N3. The first-order valence-corrected chi connectivity index (χ1v) is 5.98. The summed E-state index contributed by atoms with van der Waals surface area (Å²) in [6.07, 6.45) is 0. The molecule has 0 radical (unpaired) electrons. The summed E-state index contributed by atoms with van der Waals surface area (Å²) < 4.78 is 0. The van der Waals surface area contributed by atoms with Crippen LogP contribution in [0, 0.1) is 0 Å². The normalized spacial score (nSPS) is 30.8. The maximum absolute atomic E-state index is 3.31. The van der Waals surface area contributed by atoms with Crippen molar-refractivity contribution in [1.29, 1.82) is 0 Å². The molecule has 1 N–H and O–H groups in total. The predicted octanol–water partition coefficient (Wildman–Crippen LogP) is 1.01. The summed E-state index contributed by atoms with van der Waals surface area (Å²) >= 11 is 0. The van der Waals surface area contributed by atoms with E-state index in [-0.39, 0.29) is 5.54 Å².